The van der Waals surface area contributed by atoms with Crippen molar-refractivity contribution in [3.8, 4) is 5.75 Å². The molecule has 1 N–H and O–H groups in total. The molecular formula is C22H37NO3Si2. The zero-order chi connectivity index (χ0) is 21.1. The summed E-state index contributed by atoms with van der Waals surface area (Å²) in [5.41, 5.74) is 3.39. The second kappa shape index (κ2) is 6.99. The first kappa shape index (κ1) is 21.6. The van der Waals surface area contributed by atoms with Crippen molar-refractivity contribution in [3.63, 3.8) is 0 Å². The Morgan fingerprint density at radius 3 is 2.43 bits per heavy atom. The monoisotopic (exact) mass is 419 g/mol. The Bertz CT molecular complexity index is 790. The fourth-order valence-corrected chi connectivity index (χ4v) is 7.37. The molecule has 6 heteroatoms. The molecule has 2 atom stereocenters. The van der Waals surface area contributed by atoms with E-state index in [0.29, 0.717) is 12.5 Å². The third-order valence-corrected chi connectivity index (χ3v) is 13.4. The average Bonchev–Trinajstić information content (AvgIpc) is 3.12. The molecule has 2 aliphatic rings. The third kappa shape index (κ3) is 3.83. The van der Waals surface area contributed by atoms with E-state index in [1.807, 2.05) is 6.07 Å². The van der Waals surface area contributed by atoms with Crippen LogP contribution in [0.2, 0.25) is 37.8 Å². The van der Waals surface area contributed by atoms with Crippen molar-refractivity contribution < 1.29 is 14.0 Å². The predicted molar refractivity (Wildman–Crippen MR) is 121 cm³/mol. The van der Waals surface area contributed by atoms with Gasteiger partial charge in [-0.15, -0.1) is 0 Å². The van der Waals surface area contributed by atoms with Gasteiger partial charge >= 0.3 is 0 Å². The Morgan fingerprint density at radius 2 is 1.86 bits per heavy atom. The van der Waals surface area contributed by atoms with Crippen molar-refractivity contribution in [2.24, 2.45) is 5.92 Å². The maximum absolute atomic E-state index is 12.3. The predicted octanol–water partition coefficient (Wildman–Crippen LogP) is 4.44. The van der Waals surface area contributed by atoms with Crippen LogP contribution >= 0.6 is 0 Å². The highest BCUT2D eigenvalue weighted by atomic mass is 28.4. The molecule has 0 unspecified atom stereocenters. The van der Waals surface area contributed by atoms with Gasteiger partial charge in [-0.25, -0.2) is 0 Å². The highest BCUT2D eigenvalue weighted by molar-refractivity contribution is 6.89. The molecule has 3 rings (SSSR count). The summed E-state index contributed by atoms with van der Waals surface area (Å²) in [5, 5.41) is 4.64. The maximum Gasteiger partial charge on any atom is 0.252 e. The van der Waals surface area contributed by atoms with Gasteiger partial charge in [0, 0.05) is 31.1 Å². The second-order valence-corrected chi connectivity index (χ2v) is 20.9. The van der Waals surface area contributed by atoms with Crippen LogP contribution < -0.4 is 15.2 Å². The van der Waals surface area contributed by atoms with E-state index in [1.165, 1.54) is 16.3 Å². The molecule has 0 aromatic heterocycles. The van der Waals surface area contributed by atoms with E-state index in [-0.39, 0.29) is 17.0 Å². The van der Waals surface area contributed by atoms with Crippen molar-refractivity contribution >= 4 is 27.5 Å². The highest BCUT2D eigenvalue weighted by Crippen LogP contribution is 2.39. The van der Waals surface area contributed by atoms with Gasteiger partial charge in [0.2, 0.25) is 0 Å². The number of hydrogen-bond acceptors (Lipinski definition) is 3. The molecular weight excluding hydrogens is 382 g/mol. The molecule has 1 amide bonds. The van der Waals surface area contributed by atoms with Crippen LogP contribution in [0.4, 0.5) is 0 Å². The lowest BCUT2D eigenvalue weighted by molar-refractivity contribution is 0.0963. The minimum atomic E-state index is -1.76. The molecule has 1 aromatic carbocycles. The van der Waals surface area contributed by atoms with E-state index >= 15 is 0 Å². The van der Waals surface area contributed by atoms with Gasteiger partial charge < -0.3 is 14.5 Å². The van der Waals surface area contributed by atoms with Crippen molar-refractivity contribution in [2.75, 3.05) is 6.61 Å². The second-order valence-electron chi connectivity index (χ2n) is 11.1. The number of benzene rings is 1. The van der Waals surface area contributed by atoms with Gasteiger partial charge in [-0.2, -0.15) is 0 Å². The SMILES string of the molecule is C[C@@H](CO[Si](C)(C)C(C)(C)C)[C@@H]1Cc2c(cc3c(c2[Si](C)(C)C)CNC3=O)O1. The number of rotatable bonds is 5. The molecule has 0 spiro atoms. The van der Waals surface area contributed by atoms with E-state index < -0.39 is 16.4 Å². The van der Waals surface area contributed by atoms with Crippen LogP contribution in [0.25, 0.3) is 0 Å². The zero-order valence-corrected chi connectivity index (χ0v) is 21.1. The molecule has 0 saturated carbocycles. The fourth-order valence-electron chi connectivity index (χ4n) is 4.00. The lowest BCUT2D eigenvalue weighted by Crippen LogP contribution is -2.44. The lowest BCUT2D eigenvalue weighted by atomic mass is 9.98. The van der Waals surface area contributed by atoms with E-state index in [4.69, 9.17) is 9.16 Å². The topological polar surface area (TPSA) is 47.6 Å². The summed E-state index contributed by atoms with van der Waals surface area (Å²) in [6.45, 7) is 22.2. The molecule has 0 fully saturated rings. The number of ether oxygens (including phenoxy) is 1. The van der Waals surface area contributed by atoms with Crippen LogP contribution in [-0.4, -0.2) is 35.0 Å². The van der Waals surface area contributed by atoms with E-state index in [1.54, 1.807) is 0 Å². The summed E-state index contributed by atoms with van der Waals surface area (Å²) in [4.78, 5) is 12.3. The van der Waals surface area contributed by atoms with Crippen LogP contribution in [0.3, 0.4) is 0 Å². The first-order valence-corrected chi connectivity index (χ1v) is 16.9. The van der Waals surface area contributed by atoms with Crippen LogP contribution in [-0.2, 0) is 17.4 Å². The van der Waals surface area contributed by atoms with Crippen molar-refractivity contribution in [1.82, 2.24) is 5.32 Å². The smallest absolute Gasteiger partial charge is 0.252 e. The van der Waals surface area contributed by atoms with Gasteiger partial charge in [0.05, 0.1) is 8.07 Å². The lowest BCUT2D eigenvalue weighted by Gasteiger charge is -2.37. The van der Waals surface area contributed by atoms with Crippen LogP contribution in [0, 0.1) is 5.92 Å². The first-order chi connectivity index (χ1) is 12.7. The summed E-state index contributed by atoms with van der Waals surface area (Å²) in [6.07, 6.45) is 1.05. The Hall–Kier alpha value is -1.12. The Balaban J connectivity index is 1.83. The van der Waals surface area contributed by atoms with E-state index in [0.717, 1.165) is 24.3 Å². The van der Waals surface area contributed by atoms with Gasteiger partial charge in [-0.3, -0.25) is 4.79 Å². The van der Waals surface area contributed by atoms with Gasteiger partial charge in [0.1, 0.15) is 11.9 Å². The summed E-state index contributed by atoms with van der Waals surface area (Å²) in [7, 11) is -3.38. The molecule has 2 heterocycles. The highest BCUT2D eigenvalue weighted by Gasteiger charge is 2.40. The minimum absolute atomic E-state index is 0.0404. The van der Waals surface area contributed by atoms with Gasteiger partial charge in [0.25, 0.3) is 5.91 Å². The molecule has 0 saturated heterocycles. The number of carbonyl (C=O) groups is 1. The fraction of sp³-hybridized carbons (Fsp3) is 0.682. The summed E-state index contributed by atoms with van der Waals surface area (Å²) in [5.74, 6) is 1.29. The summed E-state index contributed by atoms with van der Waals surface area (Å²) in [6, 6.07) is 1.98. The molecule has 0 radical (unpaired) electrons. The molecule has 4 nitrogen and oxygen atoms in total. The van der Waals surface area contributed by atoms with Gasteiger partial charge in [-0.05, 0) is 40.5 Å². The van der Waals surface area contributed by atoms with Crippen LogP contribution in [0.15, 0.2) is 6.07 Å². The molecule has 2 aliphatic heterocycles. The van der Waals surface area contributed by atoms with Gasteiger partial charge in [0.15, 0.2) is 8.32 Å². The molecule has 0 bridgehead atoms. The number of amides is 1. The Kier molecular flexibility index (Phi) is 5.39. The van der Waals surface area contributed by atoms with E-state index in [9.17, 15) is 4.79 Å². The molecule has 0 aliphatic carbocycles. The Morgan fingerprint density at radius 1 is 1.21 bits per heavy atom. The number of fused-ring (bicyclic) bond motifs is 2. The summed E-state index contributed by atoms with van der Waals surface area (Å²) >= 11 is 0. The zero-order valence-electron chi connectivity index (χ0n) is 19.1. The average molecular weight is 420 g/mol. The third-order valence-electron chi connectivity index (χ3n) is 6.75. The molecule has 1 aromatic rings. The number of nitrogens with one attached hydrogen (secondary N) is 1. The standard InChI is InChI=1S/C22H37NO3Si2/c1-14(13-25-28(8,9)22(2,3)4)18-11-16-19(26-18)10-15-17(12-23-21(15)24)20(16)27(5,6)7/h10,14,18H,11-13H2,1-9H3,(H,23,24)/t14-,18-/m0/s1. The number of hydrogen-bond donors (Lipinski definition) is 1. The van der Waals surface area contributed by atoms with Gasteiger partial charge in [-0.1, -0.05) is 47.3 Å². The van der Waals surface area contributed by atoms with Crippen LogP contribution in [0.5, 0.6) is 5.75 Å². The van der Waals surface area contributed by atoms with Crippen molar-refractivity contribution in [1.29, 1.82) is 0 Å². The van der Waals surface area contributed by atoms with Crippen molar-refractivity contribution in [3.05, 3.63) is 22.8 Å². The normalized spacial score (nSPS) is 20.5. The summed E-state index contributed by atoms with van der Waals surface area (Å²) < 4.78 is 12.9. The maximum atomic E-state index is 12.3. The van der Waals surface area contributed by atoms with Crippen LogP contribution in [0.1, 0.15) is 49.2 Å². The van der Waals surface area contributed by atoms with Crippen molar-refractivity contribution in [2.45, 2.75) is 84.5 Å². The molecule has 156 valence electrons. The quantitative estimate of drug-likeness (QED) is 0.718. The largest absolute Gasteiger partial charge is 0.489 e. The first-order valence-electron chi connectivity index (χ1n) is 10.5. The Labute approximate surface area is 172 Å². The number of carbonyl (C=O) groups excluding carboxylic acids is 1. The van der Waals surface area contributed by atoms with E-state index in [2.05, 4.69) is 65.7 Å². The molecule has 28 heavy (non-hydrogen) atoms. The minimum Gasteiger partial charge on any atom is -0.489 e.